The molecule has 0 amide bonds. The van der Waals surface area contributed by atoms with Crippen LogP contribution in [0.25, 0.3) is 0 Å². The predicted octanol–water partition coefficient (Wildman–Crippen LogP) is 9.58. The van der Waals surface area contributed by atoms with E-state index in [1.54, 1.807) is 12.1 Å². The standard InChI is InChI=1S/C20H11Cl6O3PS/c1-9-2-4-10(5-3-9)27-30(31)28-19-11(17(25)13(21)7-15(19)23)6-12-18(26)14(22)8-16(24)20(12)29-30/h2-5,7-8H,6H2,1H3. The van der Waals surface area contributed by atoms with Crippen molar-refractivity contribution in [3.63, 3.8) is 0 Å². The minimum atomic E-state index is -3.55. The second kappa shape index (κ2) is 9.00. The molecule has 3 aromatic carbocycles. The summed E-state index contributed by atoms with van der Waals surface area (Å²) in [7, 11) is 0. The highest BCUT2D eigenvalue weighted by Crippen LogP contribution is 2.58. The Labute approximate surface area is 214 Å². The second-order valence-corrected chi connectivity index (χ2v) is 11.8. The molecule has 0 N–H and O–H groups in total. The molecule has 0 saturated carbocycles. The van der Waals surface area contributed by atoms with Crippen LogP contribution >= 0.6 is 76.3 Å². The smallest absolute Gasteiger partial charge is 0.407 e. The van der Waals surface area contributed by atoms with Gasteiger partial charge < -0.3 is 13.6 Å². The zero-order valence-electron chi connectivity index (χ0n) is 15.5. The summed E-state index contributed by atoms with van der Waals surface area (Å²) in [5, 5.41) is 1.35. The van der Waals surface area contributed by atoms with E-state index >= 15 is 0 Å². The van der Waals surface area contributed by atoms with E-state index in [9.17, 15) is 0 Å². The summed E-state index contributed by atoms with van der Waals surface area (Å²) in [5.41, 5.74) is 1.98. The monoisotopic (exact) mass is 572 g/mol. The van der Waals surface area contributed by atoms with Crippen molar-refractivity contribution in [1.29, 1.82) is 0 Å². The van der Waals surface area contributed by atoms with Crippen molar-refractivity contribution >= 4 is 88.1 Å². The SMILES string of the molecule is Cc1ccc(OP2(=S)Oc3c(Cl)cc(Cl)c(Cl)c3Cc3c(Cl)c(Cl)cc(Cl)c3O2)cc1. The number of halogens is 6. The van der Waals surface area contributed by atoms with E-state index in [-0.39, 0.29) is 48.1 Å². The Hall–Kier alpha value is -0.550. The third-order valence-corrected chi connectivity index (χ3v) is 8.57. The number of hydrogen-bond donors (Lipinski definition) is 0. The Bertz CT molecular complexity index is 1180. The van der Waals surface area contributed by atoms with Gasteiger partial charge in [0.1, 0.15) is 5.75 Å². The molecule has 11 heteroatoms. The van der Waals surface area contributed by atoms with Crippen molar-refractivity contribution in [3.05, 3.63) is 83.2 Å². The summed E-state index contributed by atoms with van der Waals surface area (Å²) in [6, 6.07) is 10.2. The zero-order chi connectivity index (χ0) is 22.5. The van der Waals surface area contributed by atoms with Crippen LogP contribution < -0.4 is 13.6 Å². The molecule has 0 atom stereocenters. The molecule has 0 spiro atoms. The van der Waals surface area contributed by atoms with Crippen molar-refractivity contribution in [3.8, 4) is 17.2 Å². The van der Waals surface area contributed by atoms with E-state index in [0.29, 0.717) is 16.9 Å². The number of rotatable bonds is 2. The highest BCUT2D eigenvalue weighted by molar-refractivity contribution is 8.08. The Morgan fingerprint density at radius 1 is 0.774 bits per heavy atom. The van der Waals surface area contributed by atoms with Crippen LogP contribution in [0.5, 0.6) is 17.2 Å². The zero-order valence-corrected chi connectivity index (χ0v) is 21.8. The van der Waals surface area contributed by atoms with Crippen LogP contribution in [0.2, 0.25) is 30.1 Å². The Morgan fingerprint density at radius 3 is 1.68 bits per heavy atom. The molecule has 0 aromatic heterocycles. The van der Waals surface area contributed by atoms with E-state index in [1.807, 2.05) is 19.1 Å². The van der Waals surface area contributed by atoms with E-state index in [1.165, 1.54) is 12.1 Å². The molecule has 0 saturated heterocycles. The third-order valence-electron chi connectivity index (χ3n) is 4.44. The lowest BCUT2D eigenvalue weighted by Gasteiger charge is -2.29. The Kier molecular flexibility index (Phi) is 6.86. The largest absolute Gasteiger partial charge is 0.490 e. The fraction of sp³-hybridized carbons (Fsp3) is 0.100. The van der Waals surface area contributed by atoms with Gasteiger partial charge in [-0.15, -0.1) is 0 Å². The number of aryl methyl sites for hydroxylation is 1. The molecule has 0 bridgehead atoms. The number of hydrogen-bond acceptors (Lipinski definition) is 4. The predicted molar refractivity (Wildman–Crippen MR) is 133 cm³/mol. The van der Waals surface area contributed by atoms with Crippen LogP contribution in [0.4, 0.5) is 0 Å². The van der Waals surface area contributed by atoms with Gasteiger partial charge in [0.25, 0.3) is 0 Å². The van der Waals surface area contributed by atoms with Crippen molar-refractivity contribution < 1.29 is 13.6 Å². The van der Waals surface area contributed by atoms with Gasteiger partial charge >= 0.3 is 6.72 Å². The molecule has 162 valence electrons. The summed E-state index contributed by atoms with van der Waals surface area (Å²) >= 11 is 44.1. The Balaban J connectivity index is 1.95. The lowest BCUT2D eigenvalue weighted by molar-refractivity contribution is 0.377. The minimum Gasteiger partial charge on any atom is -0.407 e. The summed E-state index contributed by atoms with van der Waals surface area (Å²) in [6.45, 7) is -1.60. The molecule has 1 aliphatic rings. The molecule has 0 fully saturated rings. The maximum Gasteiger partial charge on any atom is 0.490 e. The molecule has 0 unspecified atom stereocenters. The first kappa shape index (κ1) is 23.6. The van der Waals surface area contributed by atoms with Gasteiger partial charge in [-0.05, 0) is 31.2 Å². The fourth-order valence-corrected chi connectivity index (χ4v) is 6.62. The molecule has 4 rings (SSSR count). The van der Waals surface area contributed by atoms with Crippen LogP contribution in [0.1, 0.15) is 16.7 Å². The van der Waals surface area contributed by atoms with Crippen LogP contribution in [0.15, 0.2) is 36.4 Å². The summed E-state index contributed by atoms with van der Waals surface area (Å²) < 4.78 is 18.2. The van der Waals surface area contributed by atoms with Gasteiger partial charge in [-0.1, -0.05) is 87.3 Å². The summed E-state index contributed by atoms with van der Waals surface area (Å²) in [5.74, 6) is 0.846. The van der Waals surface area contributed by atoms with E-state index in [4.69, 9.17) is 95.0 Å². The van der Waals surface area contributed by atoms with Crippen molar-refractivity contribution in [2.45, 2.75) is 13.3 Å². The van der Waals surface area contributed by atoms with E-state index in [0.717, 1.165) is 5.56 Å². The molecule has 1 heterocycles. The lowest BCUT2D eigenvalue weighted by Crippen LogP contribution is -2.13. The lowest BCUT2D eigenvalue weighted by atomic mass is 10.0. The molecule has 0 aliphatic carbocycles. The topological polar surface area (TPSA) is 27.7 Å². The summed E-state index contributed by atoms with van der Waals surface area (Å²) in [6.07, 6.45) is 0.142. The maximum absolute atomic E-state index is 6.50. The van der Waals surface area contributed by atoms with Crippen LogP contribution in [-0.2, 0) is 18.2 Å². The number of benzene rings is 3. The van der Waals surface area contributed by atoms with E-state index in [2.05, 4.69) is 0 Å². The summed E-state index contributed by atoms with van der Waals surface area (Å²) in [4.78, 5) is 0. The van der Waals surface area contributed by atoms with Crippen molar-refractivity contribution in [2.24, 2.45) is 0 Å². The highest BCUT2D eigenvalue weighted by atomic mass is 35.5. The number of fused-ring (bicyclic) bond motifs is 2. The fourth-order valence-electron chi connectivity index (χ4n) is 2.95. The van der Waals surface area contributed by atoms with Gasteiger partial charge in [-0.2, -0.15) is 0 Å². The first-order chi connectivity index (χ1) is 14.6. The van der Waals surface area contributed by atoms with Gasteiger partial charge in [0.2, 0.25) is 0 Å². The van der Waals surface area contributed by atoms with Crippen LogP contribution in [0, 0.1) is 6.92 Å². The van der Waals surface area contributed by atoms with Gasteiger partial charge in [0, 0.05) is 29.4 Å². The van der Waals surface area contributed by atoms with Crippen molar-refractivity contribution in [1.82, 2.24) is 0 Å². The molecular formula is C20H11Cl6O3PS. The van der Waals surface area contributed by atoms with E-state index < -0.39 is 6.72 Å². The highest BCUT2D eigenvalue weighted by Gasteiger charge is 2.36. The first-order valence-electron chi connectivity index (χ1n) is 8.66. The minimum absolute atomic E-state index is 0.142. The van der Waals surface area contributed by atoms with Gasteiger partial charge in [0.15, 0.2) is 11.5 Å². The molecule has 3 aromatic rings. The normalized spacial score (nSPS) is 14.4. The van der Waals surface area contributed by atoms with Gasteiger partial charge in [-0.3, -0.25) is 0 Å². The quantitative estimate of drug-likeness (QED) is 0.225. The molecule has 1 aliphatic heterocycles. The third kappa shape index (κ3) is 4.74. The van der Waals surface area contributed by atoms with Gasteiger partial charge in [0.05, 0.1) is 30.1 Å². The second-order valence-electron chi connectivity index (χ2n) is 6.63. The average Bonchev–Trinajstić information content (AvgIpc) is 2.69. The van der Waals surface area contributed by atoms with Crippen LogP contribution in [0.3, 0.4) is 0 Å². The maximum atomic E-state index is 6.50. The molecule has 0 radical (unpaired) electrons. The first-order valence-corrected chi connectivity index (χ1v) is 13.5. The molecule has 3 nitrogen and oxygen atoms in total. The van der Waals surface area contributed by atoms with Gasteiger partial charge in [-0.25, -0.2) is 0 Å². The van der Waals surface area contributed by atoms with Crippen molar-refractivity contribution in [2.75, 3.05) is 0 Å². The molecule has 31 heavy (non-hydrogen) atoms. The average molecular weight is 575 g/mol. The molecular weight excluding hydrogens is 564 g/mol. The Morgan fingerprint density at radius 2 is 1.23 bits per heavy atom. The van der Waals surface area contributed by atoms with Crippen LogP contribution in [-0.4, -0.2) is 0 Å².